The van der Waals surface area contributed by atoms with Crippen LogP contribution in [0.1, 0.15) is 47.8 Å². The molecule has 1 fully saturated rings. The molecule has 4 rings (SSSR count). The molecule has 1 N–H and O–H groups in total. The van der Waals surface area contributed by atoms with E-state index in [0.717, 1.165) is 25.7 Å². The van der Waals surface area contributed by atoms with Gasteiger partial charge in [-0.2, -0.15) is 0 Å². The van der Waals surface area contributed by atoms with E-state index in [0.29, 0.717) is 11.3 Å². The minimum atomic E-state index is -0.984. The quantitative estimate of drug-likeness (QED) is 0.662. The fourth-order valence-electron chi connectivity index (χ4n) is 3.81. The molecule has 0 radical (unpaired) electrons. The maximum absolute atomic E-state index is 13.6. The molecule has 0 bridgehead atoms. The third kappa shape index (κ3) is 4.25. The van der Waals surface area contributed by atoms with E-state index in [1.165, 1.54) is 41.5 Å². The molecule has 0 spiro atoms. The van der Waals surface area contributed by atoms with Crippen LogP contribution in [0.15, 0.2) is 71.6 Å². The van der Waals surface area contributed by atoms with Gasteiger partial charge in [0.2, 0.25) is 5.91 Å². The molecule has 154 valence electrons. The van der Waals surface area contributed by atoms with E-state index in [-0.39, 0.29) is 17.7 Å². The largest absolute Gasteiger partial charge is 0.459 e. The van der Waals surface area contributed by atoms with Crippen molar-refractivity contribution in [3.05, 3.63) is 84.3 Å². The van der Waals surface area contributed by atoms with Crippen LogP contribution in [0.2, 0.25) is 0 Å². The molecule has 1 aliphatic rings. The fourth-order valence-corrected chi connectivity index (χ4v) is 3.81. The van der Waals surface area contributed by atoms with Crippen molar-refractivity contribution in [2.24, 2.45) is 0 Å². The van der Waals surface area contributed by atoms with Crippen molar-refractivity contribution >= 4 is 17.5 Å². The first-order valence-electron chi connectivity index (χ1n) is 9.96. The van der Waals surface area contributed by atoms with Gasteiger partial charge in [-0.15, -0.1) is 0 Å². The van der Waals surface area contributed by atoms with Crippen LogP contribution in [0.4, 0.5) is 10.1 Å². The van der Waals surface area contributed by atoms with Crippen LogP contribution in [0.25, 0.3) is 0 Å². The van der Waals surface area contributed by atoms with E-state index < -0.39 is 17.8 Å². The summed E-state index contributed by atoms with van der Waals surface area (Å²) in [5.74, 6) is -1.15. The van der Waals surface area contributed by atoms with Gasteiger partial charge in [0, 0.05) is 29.7 Å². The number of pyridine rings is 1. The van der Waals surface area contributed by atoms with Gasteiger partial charge in [-0.25, -0.2) is 4.39 Å². The number of carbonyl (C=O) groups excluding carboxylic acids is 2. The van der Waals surface area contributed by atoms with Crippen molar-refractivity contribution in [3.63, 3.8) is 0 Å². The molecule has 3 aromatic rings. The molecule has 0 unspecified atom stereocenters. The summed E-state index contributed by atoms with van der Waals surface area (Å²) >= 11 is 0. The average molecular weight is 407 g/mol. The number of halogens is 1. The molecule has 0 aliphatic heterocycles. The topological polar surface area (TPSA) is 75.4 Å². The summed E-state index contributed by atoms with van der Waals surface area (Å²) in [6.45, 7) is 0. The Kier molecular flexibility index (Phi) is 5.88. The highest BCUT2D eigenvalue weighted by Crippen LogP contribution is 2.30. The number of anilines is 1. The van der Waals surface area contributed by atoms with Crippen molar-refractivity contribution in [1.82, 2.24) is 10.3 Å². The van der Waals surface area contributed by atoms with E-state index in [1.807, 2.05) is 0 Å². The van der Waals surface area contributed by atoms with E-state index in [9.17, 15) is 14.0 Å². The SMILES string of the molecule is O=C(NC1CCCC1)[C@@H](c1cccnc1)N(C(=O)c1ccco1)c1ccc(F)cc1. The third-order valence-corrected chi connectivity index (χ3v) is 5.26. The summed E-state index contributed by atoms with van der Waals surface area (Å²) in [4.78, 5) is 32.3. The van der Waals surface area contributed by atoms with Gasteiger partial charge in [-0.05, 0) is 55.3 Å². The minimum Gasteiger partial charge on any atom is -0.459 e. The van der Waals surface area contributed by atoms with E-state index in [2.05, 4.69) is 10.3 Å². The summed E-state index contributed by atoms with van der Waals surface area (Å²) in [6.07, 6.45) is 8.51. The number of aromatic nitrogens is 1. The second-order valence-corrected chi connectivity index (χ2v) is 7.31. The van der Waals surface area contributed by atoms with Crippen LogP contribution in [0.5, 0.6) is 0 Å². The molecule has 1 aromatic carbocycles. The molecule has 0 saturated heterocycles. The first-order chi connectivity index (χ1) is 14.6. The summed E-state index contributed by atoms with van der Waals surface area (Å²) in [5, 5.41) is 3.07. The maximum Gasteiger partial charge on any atom is 0.294 e. The van der Waals surface area contributed by atoms with E-state index in [1.54, 1.807) is 30.6 Å². The normalized spacial score (nSPS) is 15.0. The van der Waals surface area contributed by atoms with E-state index >= 15 is 0 Å². The smallest absolute Gasteiger partial charge is 0.294 e. The van der Waals surface area contributed by atoms with Gasteiger partial charge in [-0.1, -0.05) is 18.9 Å². The Morgan fingerprint density at radius 3 is 2.50 bits per heavy atom. The summed E-state index contributed by atoms with van der Waals surface area (Å²) in [5.41, 5.74) is 0.936. The molecule has 2 aromatic heterocycles. The van der Waals surface area contributed by atoms with Crippen molar-refractivity contribution in [2.75, 3.05) is 4.90 Å². The van der Waals surface area contributed by atoms with Crippen LogP contribution in [-0.2, 0) is 4.79 Å². The van der Waals surface area contributed by atoms with Crippen LogP contribution in [-0.4, -0.2) is 22.8 Å². The number of benzene rings is 1. The summed E-state index contributed by atoms with van der Waals surface area (Å²) in [6, 6.07) is 11.2. The number of nitrogens with zero attached hydrogens (tertiary/aromatic N) is 2. The molecule has 1 atom stereocenters. The number of nitrogens with one attached hydrogen (secondary N) is 1. The molecule has 1 saturated carbocycles. The fraction of sp³-hybridized carbons (Fsp3) is 0.261. The Balaban J connectivity index is 1.78. The van der Waals surface area contributed by atoms with Gasteiger partial charge in [0.15, 0.2) is 5.76 Å². The van der Waals surface area contributed by atoms with Crippen molar-refractivity contribution in [1.29, 1.82) is 0 Å². The van der Waals surface area contributed by atoms with Crippen LogP contribution in [0.3, 0.4) is 0 Å². The van der Waals surface area contributed by atoms with Gasteiger partial charge in [-0.3, -0.25) is 19.5 Å². The van der Waals surface area contributed by atoms with Gasteiger partial charge in [0.25, 0.3) is 5.91 Å². The number of hydrogen-bond donors (Lipinski definition) is 1. The first-order valence-corrected chi connectivity index (χ1v) is 9.96. The standard InChI is InChI=1S/C23H22FN3O3/c24-17-9-11-19(12-10-17)27(23(29)20-8-4-14-30-20)21(16-5-3-13-25-15-16)22(28)26-18-6-1-2-7-18/h3-5,8-15,18,21H,1-2,6-7H2,(H,26,28)/t21-/m1/s1. The predicted molar refractivity (Wildman–Crippen MR) is 109 cm³/mol. The number of rotatable bonds is 6. The zero-order valence-electron chi connectivity index (χ0n) is 16.3. The molecular weight excluding hydrogens is 385 g/mol. The van der Waals surface area contributed by atoms with Crippen molar-refractivity contribution < 1.29 is 18.4 Å². The molecule has 6 nitrogen and oxygen atoms in total. The van der Waals surface area contributed by atoms with Gasteiger partial charge < -0.3 is 9.73 Å². The maximum atomic E-state index is 13.6. The molecule has 7 heteroatoms. The average Bonchev–Trinajstić information content (AvgIpc) is 3.47. The first kappa shape index (κ1) is 19.8. The Labute approximate surface area is 173 Å². The number of hydrogen-bond acceptors (Lipinski definition) is 4. The number of amides is 2. The van der Waals surface area contributed by atoms with Crippen molar-refractivity contribution in [3.8, 4) is 0 Å². The lowest BCUT2D eigenvalue weighted by Gasteiger charge is -2.31. The highest BCUT2D eigenvalue weighted by atomic mass is 19.1. The van der Waals surface area contributed by atoms with Gasteiger partial charge in [0.1, 0.15) is 11.9 Å². The Bertz CT molecular complexity index is 984. The van der Waals surface area contributed by atoms with E-state index in [4.69, 9.17) is 4.42 Å². The number of carbonyl (C=O) groups is 2. The monoisotopic (exact) mass is 407 g/mol. The Hall–Kier alpha value is -3.48. The zero-order chi connectivity index (χ0) is 20.9. The highest BCUT2D eigenvalue weighted by Gasteiger charge is 2.35. The summed E-state index contributed by atoms with van der Waals surface area (Å²) < 4.78 is 18.9. The molecule has 1 aliphatic carbocycles. The molecule has 30 heavy (non-hydrogen) atoms. The lowest BCUT2D eigenvalue weighted by Crippen LogP contribution is -2.46. The Morgan fingerprint density at radius 2 is 1.87 bits per heavy atom. The van der Waals surface area contributed by atoms with Crippen molar-refractivity contribution in [2.45, 2.75) is 37.8 Å². The molecule has 2 heterocycles. The zero-order valence-corrected chi connectivity index (χ0v) is 16.3. The minimum absolute atomic E-state index is 0.0745. The second kappa shape index (κ2) is 8.90. The Morgan fingerprint density at radius 1 is 1.10 bits per heavy atom. The lowest BCUT2D eigenvalue weighted by atomic mass is 10.0. The molecular formula is C23H22FN3O3. The van der Waals surface area contributed by atoms with Crippen LogP contribution < -0.4 is 10.2 Å². The summed E-state index contributed by atoms with van der Waals surface area (Å²) in [7, 11) is 0. The lowest BCUT2D eigenvalue weighted by molar-refractivity contribution is -0.123. The predicted octanol–water partition coefficient (Wildman–Crippen LogP) is 4.26. The highest BCUT2D eigenvalue weighted by molar-refractivity contribution is 6.08. The van der Waals surface area contributed by atoms with Crippen LogP contribution >= 0.6 is 0 Å². The molecule has 2 amide bonds. The third-order valence-electron chi connectivity index (χ3n) is 5.26. The van der Waals surface area contributed by atoms with Gasteiger partial charge >= 0.3 is 0 Å². The van der Waals surface area contributed by atoms with Gasteiger partial charge in [0.05, 0.1) is 6.26 Å². The second-order valence-electron chi connectivity index (χ2n) is 7.31. The van der Waals surface area contributed by atoms with Crippen LogP contribution in [0, 0.1) is 5.82 Å². The number of furan rings is 1.